The second-order valence-corrected chi connectivity index (χ2v) is 17.4. The van der Waals surface area contributed by atoms with E-state index >= 15 is 0 Å². The van der Waals surface area contributed by atoms with Crippen molar-refractivity contribution < 1.29 is 45.7 Å². The van der Waals surface area contributed by atoms with Gasteiger partial charge in [0.25, 0.3) is 0 Å². The number of esters is 3. The van der Waals surface area contributed by atoms with Gasteiger partial charge in [0.2, 0.25) is 0 Å². The van der Waals surface area contributed by atoms with Crippen molar-refractivity contribution in [3.63, 3.8) is 0 Å². The Morgan fingerprint density at radius 3 is 0.841 bits per heavy atom. The number of ether oxygens (including phenoxy) is 3. The van der Waals surface area contributed by atoms with Crippen LogP contribution in [0.2, 0.25) is 0 Å². The van der Waals surface area contributed by atoms with Gasteiger partial charge in [-0.15, -0.1) is 0 Å². The Balaban J connectivity index is 0.00000675. The predicted octanol–water partition coefficient (Wildman–Crippen LogP) is 3.84. The third-order valence-corrected chi connectivity index (χ3v) is 8.41. The van der Waals surface area contributed by atoms with E-state index in [4.69, 9.17) is 14.2 Å². The summed E-state index contributed by atoms with van der Waals surface area (Å²) >= 11 is 0. The van der Waals surface area contributed by atoms with E-state index in [1.54, 1.807) is 0 Å². The van der Waals surface area contributed by atoms with Gasteiger partial charge in [0.05, 0.1) is 19.6 Å². The van der Waals surface area contributed by atoms with E-state index in [2.05, 4.69) is 99.0 Å². The van der Waals surface area contributed by atoms with Crippen LogP contribution >= 0.6 is 0 Å². The van der Waals surface area contributed by atoms with Crippen LogP contribution in [0.1, 0.15) is 122 Å². The summed E-state index contributed by atoms with van der Waals surface area (Å²) in [6, 6.07) is 0. The maximum Gasteiger partial charge on any atom is 0.320 e. The molecule has 11 heteroatoms. The average Bonchev–Trinajstić information content (AvgIpc) is 2.65. The zero-order valence-electron chi connectivity index (χ0n) is 29.3. The second-order valence-electron chi connectivity index (χ2n) is 17.4. The van der Waals surface area contributed by atoms with Crippen LogP contribution in [0.15, 0.2) is 0 Å². The van der Waals surface area contributed by atoms with Gasteiger partial charge in [-0.25, -0.2) is 0 Å². The fraction of sp³-hybridized carbons (Fsp3) is 0.909. The van der Waals surface area contributed by atoms with Crippen LogP contribution in [0.25, 0.3) is 0 Å². The van der Waals surface area contributed by atoms with E-state index in [0.717, 1.165) is 0 Å². The van der Waals surface area contributed by atoms with Crippen LogP contribution in [-0.2, 0) is 45.7 Å². The Bertz CT molecular complexity index is 865. The second kappa shape index (κ2) is 13.9. The van der Waals surface area contributed by atoms with Crippen molar-refractivity contribution >= 4 is 17.9 Å². The number of nitrogens with one attached hydrogen (secondary N) is 3. The average molecular weight is 665 g/mol. The molecule has 3 rings (SSSR count). The van der Waals surface area contributed by atoms with Gasteiger partial charge < -0.3 is 30.2 Å². The standard InChI is InChI=1S/C33H60N4O6.Fe/c1-28(2)13-22(14-29(3,4)34-28)41-25(38)19-37(20-26(39)42-23-15-30(5,6)35-31(7,8)16-23)21-27(40)43-24-17-32(9,10)36-33(11,12)18-24;/h22-24,34-36H,13-21H2,1-12H3;. The molecule has 0 bridgehead atoms. The molecule has 0 amide bonds. The first-order valence-corrected chi connectivity index (χ1v) is 16.0. The molecule has 3 heterocycles. The maximum absolute atomic E-state index is 13.2. The van der Waals surface area contributed by atoms with Gasteiger partial charge in [-0.05, 0) is 83.1 Å². The van der Waals surface area contributed by atoms with Crippen LogP contribution in [-0.4, -0.2) is 94.0 Å². The number of nitrogens with zero attached hydrogens (tertiary/aromatic N) is 1. The molecule has 10 nitrogen and oxygen atoms in total. The normalized spacial score (nSPS) is 25.8. The third kappa shape index (κ3) is 12.9. The molecule has 0 unspecified atom stereocenters. The van der Waals surface area contributed by atoms with Crippen LogP contribution in [0.5, 0.6) is 0 Å². The first-order valence-electron chi connectivity index (χ1n) is 16.0. The van der Waals surface area contributed by atoms with Gasteiger partial charge in [-0.2, -0.15) is 0 Å². The molecule has 0 spiro atoms. The molecular weight excluding hydrogens is 604 g/mol. The molecule has 0 aliphatic carbocycles. The number of piperidine rings is 3. The molecule has 0 saturated carbocycles. The molecule has 3 saturated heterocycles. The van der Waals surface area contributed by atoms with Gasteiger partial charge in [0.15, 0.2) is 0 Å². The molecular formula is C33H60FeN4O6. The Kier molecular flexibility index (Phi) is 12.3. The minimum absolute atomic E-state index is 0. The summed E-state index contributed by atoms with van der Waals surface area (Å²) in [5, 5.41) is 10.8. The van der Waals surface area contributed by atoms with Crippen molar-refractivity contribution in [2.75, 3.05) is 19.6 Å². The molecule has 0 aromatic carbocycles. The molecule has 0 aromatic rings. The topological polar surface area (TPSA) is 118 Å². The molecule has 256 valence electrons. The van der Waals surface area contributed by atoms with Crippen molar-refractivity contribution in [2.45, 2.75) is 173 Å². The number of carbonyl (C=O) groups excluding carboxylic acids is 3. The van der Waals surface area contributed by atoms with Gasteiger partial charge in [0, 0.05) is 88.8 Å². The molecule has 3 aliphatic heterocycles. The maximum atomic E-state index is 13.2. The van der Waals surface area contributed by atoms with Crippen molar-refractivity contribution in [2.24, 2.45) is 0 Å². The van der Waals surface area contributed by atoms with Gasteiger partial charge in [0.1, 0.15) is 18.3 Å². The Labute approximate surface area is 276 Å². The molecule has 44 heavy (non-hydrogen) atoms. The molecule has 3 fully saturated rings. The van der Waals surface area contributed by atoms with Crippen LogP contribution in [0, 0.1) is 0 Å². The molecule has 3 aliphatic rings. The molecule has 0 aromatic heterocycles. The predicted molar refractivity (Wildman–Crippen MR) is 168 cm³/mol. The summed E-state index contributed by atoms with van der Waals surface area (Å²) in [5.41, 5.74) is -1.13. The Morgan fingerprint density at radius 1 is 0.477 bits per heavy atom. The van der Waals surface area contributed by atoms with E-state index in [-0.39, 0.29) is 88.2 Å². The largest absolute Gasteiger partial charge is 0.461 e. The zero-order chi connectivity index (χ0) is 32.6. The third-order valence-electron chi connectivity index (χ3n) is 8.41. The number of hydrogen-bond donors (Lipinski definition) is 3. The molecule has 3 N–H and O–H groups in total. The van der Waals surface area contributed by atoms with Crippen molar-refractivity contribution in [3.8, 4) is 0 Å². The summed E-state index contributed by atoms with van der Waals surface area (Å²) in [6.07, 6.45) is 3.26. The smallest absolute Gasteiger partial charge is 0.320 e. The van der Waals surface area contributed by atoms with E-state index in [9.17, 15) is 14.4 Å². The first-order chi connectivity index (χ1) is 19.3. The van der Waals surface area contributed by atoms with Crippen molar-refractivity contribution in [1.82, 2.24) is 20.9 Å². The van der Waals surface area contributed by atoms with Gasteiger partial charge in [-0.1, -0.05) is 0 Å². The van der Waals surface area contributed by atoms with Gasteiger partial charge >= 0.3 is 17.9 Å². The summed E-state index contributed by atoms with van der Waals surface area (Å²) in [7, 11) is 0. The fourth-order valence-corrected chi connectivity index (χ4v) is 8.32. The zero-order valence-corrected chi connectivity index (χ0v) is 30.5. The van der Waals surface area contributed by atoms with E-state index < -0.39 is 17.9 Å². The fourth-order valence-electron chi connectivity index (χ4n) is 8.32. The monoisotopic (exact) mass is 664 g/mol. The number of carbonyl (C=O) groups is 3. The molecule has 0 radical (unpaired) electrons. The SMILES string of the molecule is CC1(C)CC(OC(=O)CN(CC(=O)OC2CC(C)(C)NC(C)(C)C2)CC(=O)OC2CC(C)(C)NC(C)(C)C2)CC(C)(C)N1.[Fe]. The Hall–Kier alpha value is -1.23. The van der Waals surface area contributed by atoms with E-state index in [1.807, 2.05) is 0 Å². The number of hydrogen-bond acceptors (Lipinski definition) is 10. The number of rotatable bonds is 9. The minimum Gasteiger partial charge on any atom is -0.461 e. The summed E-state index contributed by atoms with van der Waals surface area (Å²) in [6.45, 7) is 24.5. The van der Waals surface area contributed by atoms with Gasteiger partial charge in [-0.3, -0.25) is 19.3 Å². The molecule has 0 atom stereocenters. The Morgan fingerprint density at radius 2 is 0.659 bits per heavy atom. The van der Waals surface area contributed by atoms with Crippen LogP contribution < -0.4 is 16.0 Å². The van der Waals surface area contributed by atoms with Crippen molar-refractivity contribution in [3.05, 3.63) is 0 Å². The summed E-state index contributed by atoms with van der Waals surface area (Å²) in [4.78, 5) is 41.2. The van der Waals surface area contributed by atoms with E-state index in [1.165, 1.54) is 4.90 Å². The minimum atomic E-state index is -0.465. The van der Waals surface area contributed by atoms with E-state index in [0.29, 0.717) is 38.5 Å². The van der Waals surface area contributed by atoms with Crippen molar-refractivity contribution in [1.29, 1.82) is 0 Å². The first kappa shape index (κ1) is 39.0. The van der Waals surface area contributed by atoms with Crippen LogP contribution in [0.3, 0.4) is 0 Å². The summed E-state index contributed by atoms with van der Waals surface area (Å²) < 4.78 is 17.8. The summed E-state index contributed by atoms with van der Waals surface area (Å²) in [5.74, 6) is -1.40. The quantitative estimate of drug-likeness (QED) is 0.191. The van der Waals surface area contributed by atoms with Crippen LogP contribution in [0.4, 0.5) is 0 Å².